The SMILES string of the molecule is Cc1ccc(OCCNC2CCCCCC2)cc1. The highest BCUT2D eigenvalue weighted by Crippen LogP contribution is 2.17. The Bertz CT molecular complexity index is 325. The molecule has 1 saturated carbocycles. The Morgan fingerprint density at radius 3 is 2.39 bits per heavy atom. The lowest BCUT2D eigenvalue weighted by Gasteiger charge is -2.16. The number of aryl methyl sites for hydroxylation is 1. The molecule has 1 aliphatic carbocycles. The summed E-state index contributed by atoms with van der Waals surface area (Å²) in [6, 6.07) is 8.98. The quantitative estimate of drug-likeness (QED) is 0.633. The Balaban J connectivity index is 1.61. The molecule has 0 atom stereocenters. The normalized spacial score (nSPS) is 17.4. The van der Waals surface area contributed by atoms with Gasteiger partial charge in [-0.05, 0) is 31.9 Å². The molecule has 2 nitrogen and oxygen atoms in total. The third kappa shape index (κ3) is 4.69. The van der Waals surface area contributed by atoms with Crippen LogP contribution in [0.4, 0.5) is 0 Å². The molecule has 2 rings (SSSR count). The van der Waals surface area contributed by atoms with Crippen molar-refractivity contribution in [1.82, 2.24) is 5.32 Å². The van der Waals surface area contributed by atoms with E-state index in [1.54, 1.807) is 0 Å². The smallest absolute Gasteiger partial charge is 0.119 e. The molecule has 0 radical (unpaired) electrons. The summed E-state index contributed by atoms with van der Waals surface area (Å²) in [4.78, 5) is 0. The van der Waals surface area contributed by atoms with Gasteiger partial charge in [0.15, 0.2) is 0 Å². The van der Waals surface area contributed by atoms with Crippen LogP contribution < -0.4 is 10.1 Å². The average molecular weight is 247 g/mol. The zero-order valence-corrected chi connectivity index (χ0v) is 11.5. The van der Waals surface area contributed by atoms with Crippen LogP contribution in [0.15, 0.2) is 24.3 Å². The van der Waals surface area contributed by atoms with Gasteiger partial charge in [0.2, 0.25) is 0 Å². The molecule has 1 aromatic carbocycles. The summed E-state index contributed by atoms with van der Waals surface area (Å²) in [5.74, 6) is 0.975. The van der Waals surface area contributed by atoms with Crippen molar-refractivity contribution in [3.8, 4) is 5.75 Å². The number of rotatable bonds is 5. The highest BCUT2D eigenvalue weighted by molar-refractivity contribution is 5.26. The Hall–Kier alpha value is -1.02. The topological polar surface area (TPSA) is 21.3 Å². The van der Waals surface area contributed by atoms with E-state index in [9.17, 15) is 0 Å². The summed E-state index contributed by atoms with van der Waals surface area (Å²) in [5.41, 5.74) is 1.28. The first kappa shape index (κ1) is 13.4. The molecule has 0 heterocycles. The van der Waals surface area contributed by atoms with Crippen molar-refractivity contribution >= 4 is 0 Å². The zero-order valence-electron chi connectivity index (χ0n) is 11.5. The average Bonchev–Trinajstić information content (AvgIpc) is 2.65. The van der Waals surface area contributed by atoms with Gasteiger partial charge in [0.1, 0.15) is 12.4 Å². The molecule has 0 bridgehead atoms. The van der Waals surface area contributed by atoms with Gasteiger partial charge in [-0.25, -0.2) is 0 Å². The maximum Gasteiger partial charge on any atom is 0.119 e. The van der Waals surface area contributed by atoms with Gasteiger partial charge in [-0.3, -0.25) is 0 Å². The highest BCUT2D eigenvalue weighted by Gasteiger charge is 2.10. The Morgan fingerprint density at radius 2 is 1.72 bits per heavy atom. The summed E-state index contributed by atoms with van der Waals surface area (Å²) < 4.78 is 5.72. The Morgan fingerprint density at radius 1 is 1.06 bits per heavy atom. The molecule has 100 valence electrons. The molecule has 0 aromatic heterocycles. The monoisotopic (exact) mass is 247 g/mol. The second-order valence-corrected chi connectivity index (χ2v) is 5.30. The van der Waals surface area contributed by atoms with E-state index in [1.807, 2.05) is 12.1 Å². The van der Waals surface area contributed by atoms with E-state index in [4.69, 9.17) is 4.74 Å². The Labute approximate surface area is 111 Å². The zero-order chi connectivity index (χ0) is 12.6. The molecule has 2 heteroatoms. The third-order valence-corrected chi connectivity index (χ3v) is 3.68. The molecule has 1 aliphatic rings. The summed E-state index contributed by atoms with van der Waals surface area (Å²) in [6.45, 7) is 3.81. The molecule has 1 fully saturated rings. The first-order valence-electron chi connectivity index (χ1n) is 7.27. The molecular formula is C16H25NO. The molecule has 1 aromatic rings. The number of hydrogen-bond acceptors (Lipinski definition) is 2. The lowest BCUT2D eigenvalue weighted by molar-refractivity contribution is 0.300. The fourth-order valence-electron chi connectivity index (χ4n) is 2.55. The van der Waals surface area contributed by atoms with Gasteiger partial charge in [0, 0.05) is 12.6 Å². The molecule has 0 aliphatic heterocycles. The van der Waals surface area contributed by atoms with E-state index in [1.165, 1.54) is 44.1 Å². The molecule has 0 unspecified atom stereocenters. The molecule has 0 saturated heterocycles. The second kappa shape index (κ2) is 7.42. The maximum atomic E-state index is 5.72. The third-order valence-electron chi connectivity index (χ3n) is 3.68. The van der Waals surface area contributed by atoms with E-state index in [0.29, 0.717) is 6.04 Å². The maximum absolute atomic E-state index is 5.72. The van der Waals surface area contributed by atoms with Crippen LogP contribution in [-0.4, -0.2) is 19.2 Å². The number of ether oxygens (including phenoxy) is 1. The van der Waals surface area contributed by atoms with Crippen LogP contribution in [0.2, 0.25) is 0 Å². The minimum Gasteiger partial charge on any atom is -0.492 e. The summed E-state index contributed by atoms with van der Waals surface area (Å²) in [6.07, 6.45) is 8.28. The van der Waals surface area contributed by atoms with Gasteiger partial charge in [0.05, 0.1) is 0 Å². The summed E-state index contributed by atoms with van der Waals surface area (Å²) in [7, 11) is 0. The molecule has 0 spiro atoms. The van der Waals surface area contributed by atoms with Crippen molar-refractivity contribution in [2.45, 2.75) is 51.5 Å². The standard InChI is InChI=1S/C16H25NO/c1-14-8-10-16(11-9-14)18-13-12-17-15-6-4-2-3-5-7-15/h8-11,15,17H,2-7,12-13H2,1H3. The van der Waals surface area contributed by atoms with Crippen molar-refractivity contribution in [2.24, 2.45) is 0 Å². The van der Waals surface area contributed by atoms with Gasteiger partial charge < -0.3 is 10.1 Å². The fourth-order valence-corrected chi connectivity index (χ4v) is 2.55. The van der Waals surface area contributed by atoms with Crippen molar-refractivity contribution in [1.29, 1.82) is 0 Å². The number of benzene rings is 1. The van der Waals surface area contributed by atoms with Gasteiger partial charge in [-0.15, -0.1) is 0 Å². The molecule has 0 amide bonds. The van der Waals surface area contributed by atoms with E-state index in [-0.39, 0.29) is 0 Å². The van der Waals surface area contributed by atoms with E-state index < -0.39 is 0 Å². The predicted octanol–water partition coefficient (Wildman–Crippen LogP) is 3.69. The van der Waals surface area contributed by atoms with Crippen LogP contribution in [0.3, 0.4) is 0 Å². The highest BCUT2D eigenvalue weighted by atomic mass is 16.5. The summed E-state index contributed by atoms with van der Waals surface area (Å²) in [5, 5.41) is 3.62. The minimum atomic E-state index is 0.717. The van der Waals surface area contributed by atoms with Crippen molar-refractivity contribution < 1.29 is 4.74 Å². The Kier molecular flexibility index (Phi) is 5.53. The molecular weight excluding hydrogens is 222 g/mol. The van der Waals surface area contributed by atoms with Gasteiger partial charge in [0.25, 0.3) is 0 Å². The van der Waals surface area contributed by atoms with Crippen molar-refractivity contribution in [2.75, 3.05) is 13.2 Å². The van der Waals surface area contributed by atoms with Crippen LogP contribution >= 0.6 is 0 Å². The van der Waals surface area contributed by atoms with Gasteiger partial charge >= 0.3 is 0 Å². The predicted molar refractivity (Wildman–Crippen MR) is 76.2 cm³/mol. The van der Waals surface area contributed by atoms with Crippen molar-refractivity contribution in [3.63, 3.8) is 0 Å². The van der Waals surface area contributed by atoms with Crippen LogP contribution in [0.25, 0.3) is 0 Å². The second-order valence-electron chi connectivity index (χ2n) is 5.30. The van der Waals surface area contributed by atoms with Crippen LogP contribution in [0.5, 0.6) is 5.75 Å². The molecule has 18 heavy (non-hydrogen) atoms. The van der Waals surface area contributed by atoms with Crippen LogP contribution in [0.1, 0.15) is 44.1 Å². The fraction of sp³-hybridized carbons (Fsp3) is 0.625. The summed E-state index contributed by atoms with van der Waals surface area (Å²) >= 11 is 0. The number of nitrogens with one attached hydrogen (secondary N) is 1. The van der Waals surface area contributed by atoms with Crippen LogP contribution in [-0.2, 0) is 0 Å². The van der Waals surface area contributed by atoms with Crippen LogP contribution in [0, 0.1) is 6.92 Å². The van der Waals surface area contributed by atoms with E-state index in [2.05, 4.69) is 24.4 Å². The van der Waals surface area contributed by atoms with Gasteiger partial charge in [-0.2, -0.15) is 0 Å². The largest absolute Gasteiger partial charge is 0.492 e. The first-order valence-corrected chi connectivity index (χ1v) is 7.27. The van der Waals surface area contributed by atoms with Gasteiger partial charge in [-0.1, -0.05) is 43.4 Å². The molecule has 1 N–H and O–H groups in total. The minimum absolute atomic E-state index is 0.717. The first-order chi connectivity index (χ1) is 8.84. The number of hydrogen-bond donors (Lipinski definition) is 1. The van der Waals surface area contributed by atoms with E-state index in [0.717, 1.165) is 18.9 Å². The lowest BCUT2D eigenvalue weighted by atomic mass is 10.1. The van der Waals surface area contributed by atoms with Crippen molar-refractivity contribution in [3.05, 3.63) is 29.8 Å². The lowest BCUT2D eigenvalue weighted by Crippen LogP contribution is -2.32. The van der Waals surface area contributed by atoms with E-state index >= 15 is 0 Å².